The molecule has 0 aliphatic heterocycles. The summed E-state index contributed by atoms with van der Waals surface area (Å²) < 4.78 is 14.5. The number of nitrogens with one attached hydrogen (secondary N) is 1. The SMILES string of the molecule is Cc1ccccc1NC(=O)c1ccc(C(C)C/C(F)=C/c2ccc(Cl)c(Cl)c2)cc1. The first-order valence-corrected chi connectivity index (χ1v) is 10.4. The number of allylic oxidation sites excluding steroid dienone is 1. The number of benzene rings is 3. The van der Waals surface area contributed by atoms with Crippen molar-refractivity contribution in [2.24, 2.45) is 0 Å². The van der Waals surface area contributed by atoms with Crippen molar-refractivity contribution in [2.45, 2.75) is 26.2 Å². The third-order valence-corrected chi connectivity index (χ3v) is 5.64. The first-order chi connectivity index (χ1) is 14.3. The van der Waals surface area contributed by atoms with Gasteiger partial charge >= 0.3 is 0 Å². The van der Waals surface area contributed by atoms with Gasteiger partial charge in [0, 0.05) is 17.7 Å². The molecule has 30 heavy (non-hydrogen) atoms. The predicted molar refractivity (Wildman–Crippen MR) is 124 cm³/mol. The highest BCUT2D eigenvalue weighted by atomic mass is 35.5. The summed E-state index contributed by atoms with van der Waals surface area (Å²) in [6.07, 6.45) is 1.71. The van der Waals surface area contributed by atoms with Crippen LogP contribution in [-0.4, -0.2) is 5.91 Å². The lowest BCUT2D eigenvalue weighted by atomic mass is 9.95. The summed E-state index contributed by atoms with van der Waals surface area (Å²) in [7, 11) is 0. The lowest BCUT2D eigenvalue weighted by molar-refractivity contribution is 0.102. The molecule has 0 saturated carbocycles. The lowest BCUT2D eigenvalue weighted by Crippen LogP contribution is -2.12. The second-order valence-electron chi connectivity index (χ2n) is 7.26. The Hall–Kier alpha value is -2.62. The van der Waals surface area contributed by atoms with Crippen molar-refractivity contribution in [2.75, 3.05) is 5.32 Å². The molecule has 0 radical (unpaired) electrons. The molecule has 3 aromatic carbocycles. The quantitative estimate of drug-likeness (QED) is 0.411. The largest absolute Gasteiger partial charge is 0.322 e. The number of amides is 1. The number of halogens is 3. The van der Waals surface area contributed by atoms with Gasteiger partial charge in [-0.3, -0.25) is 4.79 Å². The molecular weight excluding hydrogens is 420 g/mol. The third kappa shape index (κ3) is 5.71. The van der Waals surface area contributed by atoms with Crippen LogP contribution in [0.5, 0.6) is 0 Å². The van der Waals surface area contributed by atoms with E-state index in [0.29, 0.717) is 21.2 Å². The first-order valence-electron chi connectivity index (χ1n) is 9.61. The van der Waals surface area contributed by atoms with Crippen LogP contribution in [0.25, 0.3) is 6.08 Å². The molecule has 0 saturated heterocycles. The van der Waals surface area contributed by atoms with Gasteiger partial charge in [-0.15, -0.1) is 0 Å². The van der Waals surface area contributed by atoms with E-state index in [2.05, 4.69) is 5.32 Å². The van der Waals surface area contributed by atoms with Gasteiger partial charge in [-0.25, -0.2) is 4.39 Å². The zero-order valence-corrected chi connectivity index (χ0v) is 18.3. The standard InChI is InChI=1S/C25H22Cl2FNO/c1-16-5-3-4-6-24(16)29-25(30)20-10-8-19(9-11-20)17(2)13-21(28)14-18-7-12-22(26)23(27)15-18/h3-12,14-15,17H,13H2,1-2H3,(H,29,30)/b21-14-. The topological polar surface area (TPSA) is 29.1 Å². The number of carbonyl (C=O) groups excluding carboxylic acids is 1. The van der Waals surface area contributed by atoms with E-state index in [9.17, 15) is 9.18 Å². The fraction of sp³-hybridized carbons (Fsp3) is 0.160. The van der Waals surface area contributed by atoms with Crippen molar-refractivity contribution in [3.05, 3.63) is 105 Å². The Morgan fingerprint density at radius 2 is 1.73 bits per heavy atom. The van der Waals surface area contributed by atoms with Gasteiger partial charge in [0.2, 0.25) is 0 Å². The monoisotopic (exact) mass is 441 g/mol. The van der Waals surface area contributed by atoms with Gasteiger partial charge in [0.25, 0.3) is 5.91 Å². The minimum absolute atomic E-state index is 0.0440. The van der Waals surface area contributed by atoms with Crippen LogP contribution in [-0.2, 0) is 0 Å². The van der Waals surface area contributed by atoms with E-state index in [-0.39, 0.29) is 24.1 Å². The fourth-order valence-electron chi connectivity index (χ4n) is 3.12. The molecule has 0 aliphatic rings. The molecule has 0 bridgehead atoms. The molecule has 0 spiro atoms. The molecule has 0 aliphatic carbocycles. The smallest absolute Gasteiger partial charge is 0.255 e. The Balaban J connectivity index is 1.65. The number of anilines is 1. The average molecular weight is 442 g/mol. The summed E-state index contributed by atoms with van der Waals surface area (Å²) in [5.41, 5.74) is 3.97. The van der Waals surface area contributed by atoms with Gasteiger partial charge in [0.1, 0.15) is 5.83 Å². The van der Waals surface area contributed by atoms with E-state index in [1.54, 1.807) is 30.3 Å². The van der Waals surface area contributed by atoms with Gasteiger partial charge in [-0.2, -0.15) is 0 Å². The highest BCUT2D eigenvalue weighted by Gasteiger charge is 2.12. The number of aryl methyl sites for hydroxylation is 1. The Labute approximate surface area is 186 Å². The van der Waals surface area contributed by atoms with E-state index in [4.69, 9.17) is 23.2 Å². The minimum atomic E-state index is -0.248. The van der Waals surface area contributed by atoms with Crippen LogP contribution >= 0.6 is 23.2 Å². The summed E-state index contributed by atoms with van der Waals surface area (Å²) in [6, 6.07) is 19.9. The molecule has 0 fully saturated rings. The van der Waals surface area contributed by atoms with Gasteiger partial charge in [0.15, 0.2) is 0 Å². The molecule has 0 heterocycles. The van der Waals surface area contributed by atoms with E-state index in [0.717, 1.165) is 16.8 Å². The van der Waals surface area contributed by atoms with Gasteiger partial charge < -0.3 is 5.32 Å². The molecule has 1 amide bonds. The molecule has 3 aromatic rings. The molecule has 1 unspecified atom stereocenters. The van der Waals surface area contributed by atoms with Crippen molar-refractivity contribution < 1.29 is 9.18 Å². The van der Waals surface area contributed by atoms with Gasteiger partial charge in [-0.05, 0) is 65.9 Å². The van der Waals surface area contributed by atoms with E-state index in [1.807, 2.05) is 50.2 Å². The summed E-state index contributed by atoms with van der Waals surface area (Å²) in [4.78, 5) is 12.5. The predicted octanol–water partition coefficient (Wildman–Crippen LogP) is 8.06. The zero-order chi connectivity index (χ0) is 21.7. The van der Waals surface area contributed by atoms with E-state index in [1.165, 1.54) is 6.08 Å². The van der Waals surface area contributed by atoms with Crippen LogP contribution in [0.3, 0.4) is 0 Å². The van der Waals surface area contributed by atoms with Crippen molar-refractivity contribution in [1.29, 1.82) is 0 Å². The number of carbonyl (C=O) groups is 1. The highest BCUT2D eigenvalue weighted by molar-refractivity contribution is 6.42. The molecule has 154 valence electrons. The number of rotatable bonds is 6. The average Bonchev–Trinajstić information content (AvgIpc) is 2.72. The Morgan fingerprint density at radius 1 is 1.03 bits per heavy atom. The normalized spacial score (nSPS) is 12.5. The lowest BCUT2D eigenvalue weighted by Gasteiger charge is -2.12. The van der Waals surface area contributed by atoms with Crippen LogP contribution in [0.15, 0.2) is 72.6 Å². The maximum absolute atomic E-state index is 14.5. The molecule has 0 aromatic heterocycles. The summed E-state index contributed by atoms with van der Waals surface area (Å²) >= 11 is 11.9. The molecule has 5 heteroatoms. The van der Waals surface area contributed by atoms with Crippen LogP contribution < -0.4 is 5.32 Å². The van der Waals surface area contributed by atoms with Crippen LogP contribution in [0.4, 0.5) is 10.1 Å². The van der Waals surface area contributed by atoms with E-state index < -0.39 is 0 Å². The number of hydrogen-bond donors (Lipinski definition) is 1. The fourth-order valence-corrected chi connectivity index (χ4v) is 3.43. The second-order valence-corrected chi connectivity index (χ2v) is 8.08. The molecule has 1 atom stereocenters. The molecular formula is C25H22Cl2FNO. The molecule has 1 N–H and O–H groups in total. The van der Waals surface area contributed by atoms with Crippen molar-refractivity contribution >= 4 is 40.9 Å². The first kappa shape index (κ1) is 22.1. The van der Waals surface area contributed by atoms with Crippen LogP contribution in [0.2, 0.25) is 10.0 Å². The third-order valence-electron chi connectivity index (χ3n) is 4.90. The molecule has 3 rings (SSSR count). The second kappa shape index (κ2) is 9.92. The maximum atomic E-state index is 14.5. The minimum Gasteiger partial charge on any atom is -0.322 e. The Morgan fingerprint density at radius 3 is 2.40 bits per heavy atom. The van der Waals surface area contributed by atoms with Crippen molar-refractivity contribution in [3.63, 3.8) is 0 Å². The summed E-state index contributed by atoms with van der Waals surface area (Å²) in [6.45, 7) is 3.89. The highest BCUT2D eigenvalue weighted by Crippen LogP contribution is 2.28. The Bertz CT molecular complexity index is 1080. The van der Waals surface area contributed by atoms with Crippen molar-refractivity contribution in [1.82, 2.24) is 0 Å². The Kier molecular flexibility index (Phi) is 7.30. The molecule has 2 nitrogen and oxygen atoms in total. The maximum Gasteiger partial charge on any atom is 0.255 e. The van der Waals surface area contributed by atoms with Crippen LogP contribution in [0, 0.1) is 6.92 Å². The number of hydrogen-bond acceptors (Lipinski definition) is 1. The van der Waals surface area contributed by atoms with Gasteiger partial charge in [-0.1, -0.05) is 66.5 Å². The van der Waals surface area contributed by atoms with E-state index >= 15 is 0 Å². The zero-order valence-electron chi connectivity index (χ0n) is 16.8. The summed E-state index contributed by atoms with van der Waals surface area (Å²) in [5, 5.41) is 3.75. The van der Waals surface area contributed by atoms with Crippen LogP contribution in [0.1, 0.15) is 46.3 Å². The number of para-hydroxylation sites is 1. The van der Waals surface area contributed by atoms with Gasteiger partial charge in [0.05, 0.1) is 10.0 Å². The van der Waals surface area contributed by atoms with Crippen molar-refractivity contribution in [3.8, 4) is 0 Å². The summed E-state index contributed by atoms with van der Waals surface area (Å²) in [5.74, 6) is -0.464.